The third kappa shape index (κ3) is 6.36. The fraction of sp³-hybridized carbons (Fsp3) is 0.294. The number of halogens is 4. The third-order valence-corrected chi connectivity index (χ3v) is 8.58. The Labute approximate surface area is 269 Å². The van der Waals surface area contributed by atoms with E-state index in [9.17, 15) is 18.4 Å². The van der Waals surface area contributed by atoms with Crippen LogP contribution in [-0.2, 0) is 0 Å². The minimum Gasteiger partial charge on any atom is -0.371 e. The fourth-order valence-electron chi connectivity index (χ4n) is 5.92. The predicted molar refractivity (Wildman–Crippen MR) is 173 cm³/mol. The molecule has 1 aliphatic rings. The van der Waals surface area contributed by atoms with Crippen molar-refractivity contribution in [3.8, 4) is 6.07 Å². The van der Waals surface area contributed by atoms with Gasteiger partial charge in [0.15, 0.2) is 11.6 Å². The van der Waals surface area contributed by atoms with Crippen molar-refractivity contribution in [2.24, 2.45) is 0 Å². The molecule has 0 bridgehead atoms. The van der Waals surface area contributed by atoms with Gasteiger partial charge in [-0.05, 0) is 51.3 Å². The summed E-state index contributed by atoms with van der Waals surface area (Å²) in [6.07, 6.45) is 5.18. The molecule has 1 atom stereocenters. The van der Waals surface area contributed by atoms with E-state index in [4.69, 9.17) is 11.6 Å². The van der Waals surface area contributed by atoms with Crippen molar-refractivity contribution in [1.29, 1.82) is 5.26 Å². The van der Waals surface area contributed by atoms with Crippen LogP contribution in [0.5, 0.6) is 0 Å². The second kappa shape index (κ2) is 12.6. The number of nitrogens with zero attached hydrogens (tertiary/aromatic N) is 6. The van der Waals surface area contributed by atoms with Gasteiger partial charge in [-0.15, -0.1) is 5.10 Å². The van der Waals surface area contributed by atoms with Gasteiger partial charge in [0.1, 0.15) is 23.3 Å². The van der Waals surface area contributed by atoms with Gasteiger partial charge in [0.25, 0.3) is 0 Å². The number of benzene rings is 3. The summed E-state index contributed by atoms with van der Waals surface area (Å²) in [5.41, 5.74) is 2.07. The summed E-state index contributed by atoms with van der Waals surface area (Å²) in [5, 5.41) is 25.7. The second-order valence-electron chi connectivity index (χ2n) is 12.4. The zero-order valence-corrected chi connectivity index (χ0v) is 26.3. The van der Waals surface area contributed by atoms with Crippen molar-refractivity contribution < 1.29 is 13.2 Å². The highest BCUT2D eigenvalue weighted by Crippen LogP contribution is 2.38. The molecule has 236 valence electrons. The summed E-state index contributed by atoms with van der Waals surface area (Å²) in [4.78, 5) is 7.00. The Bertz CT molecular complexity index is 1900. The molecule has 2 aromatic heterocycles. The predicted octanol–water partition coefficient (Wildman–Crippen LogP) is 8.15. The van der Waals surface area contributed by atoms with E-state index in [1.165, 1.54) is 6.20 Å². The van der Waals surface area contributed by atoms with E-state index in [2.05, 4.69) is 51.6 Å². The second-order valence-corrected chi connectivity index (χ2v) is 12.8. The highest BCUT2D eigenvalue weighted by Gasteiger charge is 2.29. The lowest BCUT2D eigenvalue weighted by Gasteiger charge is -2.40. The Morgan fingerprint density at radius 2 is 1.70 bits per heavy atom. The Kier molecular flexibility index (Phi) is 8.59. The smallest absolute Gasteiger partial charge is 0.152 e. The zero-order chi connectivity index (χ0) is 32.6. The summed E-state index contributed by atoms with van der Waals surface area (Å²) in [7, 11) is 0. The molecule has 3 aromatic carbocycles. The molecule has 0 spiro atoms. The number of anilines is 3. The summed E-state index contributed by atoms with van der Waals surface area (Å²) in [5.74, 6) is -3.36. The number of hydrogen-bond donors (Lipinski definition) is 2. The zero-order valence-electron chi connectivity index (χ0n) is 25.5. The lowest BCUT2D eigenvalue weighted by atomic mass is 9.98. The summed E-state index contributed by atoms with van der Waals surface area (Å²) >= 11 is 6.59. The molecule has 1 fully saturated rings. The van der Waals surface area contributed by atoms with E-state index in [1.807, 2.05) is 47.3 Å². The SMILES string of the molecule is CC(C)(C)N1CCC(n2cc([C@@H](Nc3cc(Cl)cc4c(Nc5c(F)cc(F)cc5F)c(C#N)cnc34)c3ccccc3)nn2)CC1. The normalized spacial score (nSPS) is 15.1. The summed E-state index contributed by atoms with van der Waals surface area (Å²) < 4.78 is 44.8. The van der Waals surface area contributed by atoms with Crippen LogP contribution in [0.1, 0.15) is 62.5 Å². The Morgan fingerprint density at radius 3 is 2.35 bits per heavy atom. The standard InChI is InChI=1S/C34H32ClF3N8/c1-34(2,3)45-11-9-24(10-12-45)46-19-29(43-44-46)31(20-7-5-4-6-8-20)41-28-14-22(35)13-25-30(21(17-39)18-40-32(25)28)42-33-26(37)15-23(36)16-27(33)38/h4-8,13-16,18-19,24,31,41H,9-12H2,1-3H3,(H,40,42)/t31-/m0/s1. The topological polar surface area (TPSA) is 94.7 Å². The largest absolute Gasteiger partial charge is 0.371 e. The minimum absolute atomic E-state index is 0.0175. The molecule has 6 rings (SSSR count). The number of fused-ring (bicyclic) bond motifs is 1. The molecule has 0 saturated carbocycles. The molecule has 0 amide bonds. The lowest BCUT2D eigenvalue weighted by Crippen LogP contribution is -2.46. The van der Waals surface area contributed by atoms with Crippen molar-refractivity contribution in [2.75, 3.05) is 23.7 Å². The first-order chi connectivity index (χ1) is 22.0. The fourth-order valence-corrected chi connectivity index (χ4v) is 6.13. The summed E-state index contributed by atoms with van der Waals surface area (Å²) in [6, 6.07) is 15.8. The van der Waals surface area contributed by atoms with Gasteiger partial charge in [-0.25, -0.2) is 17.9 Å². The number of hydrogen-bond acceptors (Lipinski definition) is 7. The molecule has 46 heavy (non-hydrogen) atoms. The van der Waals surface area contributed by atoms with Crippen molar-refractivity contribution in [3.63, 3.8) is 0 Å². The maximum atomic E-state index is 14.6. The van der Waals surface area contributed by atoms with Gasteiger partial charge in [-0.2, -0.15) is 5.26 Å². The lowest BCUT2D eigenvalue weighted by molar-refractivity contribution is 0.0866. The van der Waals surface area contributed by atoms with Crippen LogP contribution in [0.3, 0.4) is 0 Å². The number of piperidine rings is 1. The highest BCUT2D eigenvalue weighted by atomic mass is 35.5. The van der Waals surface area contributed by atoms with Crippen molar-refractivity contribution in [3.05, 3.63) is 106 Å². The van der Waals surface area contributed by atoms with Gasteiger partial charge >= 0.3 is 0 Å². The number of pyridine rings is 1. The quantitative estimate of drug-likeness (QED) is 0.185. The van der Waals surface area contributed by atoms with E-state index in [1.54, 1.807) is 12.1 Å². The van der Waals surface area contributed by atoms with Crippen molar-refractivity contribution in [2.45, 2.75) is 51.2 Å². The maximum absolute atomic E-state index is 14.6. The molecular weight excluding hydrogens is 613 g/mol. The Morgan fingerprint density at radius 1 is 1.00 bits per heavy atom. The van der Waals surface area contributed by atoms with Crippen LogP contribution in [0.15, 0.2) is 67.0 Å². The Hall–Kier alpha value is -4.66. The van der Waals surface area contributed by atoms with Gasteiger partial charge in [0.05, 0.1) is 40.7 Å². The van der Waals surface area contributed by atoms with E-state index in [0.29, 0.717) is 34.4 Å². The molecule has 12 heteroatoms. The summed E-state index contributed by atoms with van der Waals surface area (Å²) in [6.45, 7) is 8.62. The molecule has 2 N–H and O–H groups in total. The number of likely N-dealkylation sites (tertiary alicyclic amines) is 1. The van der Waals surface area contributed by atoms with E-state index >= 15 is 0 Å². The van der Waals surface area contributed by atoms with E-state index in [0.717, 1.165) is 31.5 Å². The van der Waals surface area contributed by atoms with E-state index < -0.39 is 29.2 Å². The van der Waals surface area contributed by atoms with Gasteiger partial charge in [0.2, 0.25) is 0 Å². The monoisotopic (exact) mass is 644 g/mol. The van der Waals surface area contributed by atoms with Crippen LogP contribution >= 0.6 is 11.6 Å². The van der Waals surface area contributed by atoms with Gasteiger partial charge in [-0.3, -0.25) is 9.88 Å². The molecule has 3 heterocycles. The number of nitriles is 1. The highest BCUT2D eigenvalue weighted by molar-refractivity contribution is 6.32. The van der Waals surface area contributed by atoms with Crippen LogP contribution in [0, 0.1) is 28.8 Å². The van der Waals surface area contributed by atoms with Crippen LogP contribution in [0.4, 0.5) is 30.2 Å². The third-order valence-electron chi connectivity index (χ3n) is 8.36. The average Bonchev–Trinajstić information content (AvgIpc) is 3.51. The molecular formula is C34H32ClF3N8. The van der Waals surface area contributed by atoms with Crippen molar-refractivity contribution in [1.82, 2.24) is 24.9 Å². The number of nitrogens with one attached hydrogen (secondary N) is 2. The average molecular weight is 645 g/mol. The molecule has 8 nitrogen and oxygen atoms in total. The first-order valence-corrected chi connectivity index (χ1v) is 15.3. The van der Waals surface area contributed by atoms with E-state index in [-0.39, 0.29) is 27.9 Å². The maximum Gasteiger partial charge on any atom is 0.152 e. The minimum atomic E-state index is -1.15. The first kappa shape index (κ1) is 31.3. The molecule has 0 radical (unpaired) electrons. The van der Waals surface area contributed by atoms with Crippen LogP contribution in [0.25, 0.3) is 10.9 Å². The van der Waals surface area contributed by atoms with Crippen molar-refractivity contribution >= 4 is 39.6 Å². The number of aromatic nitrogens is 4. The van der Waals surface area contributed by atoms with Gasteiger partial charge < -0.3 is 10.6 Å². The molecule has 0 unspecified atom stereocenters. The number of rotatable bonds is 7. The van der Waals surface area contributed by atoms with Crippen LogP contribution in [-0.4, -0.2) is 43.5 Å². The Balaban J connectivity index is 1.38. The first-order valence-electron chi connectivity index (χ1n) is 14.9. The van der Waals surface area contributed by atoms with Crippen LogP contribution < -0.4 is 10.6 Å². The van der Waals surface area contributed by atoms with Gasteiger partial charge in [0, 0.05) is 47.4 Å². The van der Waals surface area contributed by atoms with Gasteiger partial charge in [-0.1, -0.05) is 47.1 Å². The van der Waals surface area contributed by atoms with Crippen LogP contribution in [0.2, 0.25) is 5.02 Å². The molecule has 0 aliphatic carbocycles. The molecule has 1 aliphatic heterocycles. The molecule has 1 saturated heterocycles. The molecule has 5 aromatic rings.